The van der Waals surface area contributed by atoms with Gasteiger partial charge in [0.25, 0.3) is 0 Å². The zero-order chi connectivity index (χ0) is 14.2. The van der Waals surface area contributed by atoms with Gasteiger partial charge >= 0.3 is 15.6 Å². The summed E-state index contributed by atoms with van der Waals surface area (Å²) in [4.78, 5) is 0. The van der Waals surface area contributed by atoms with Crippen LogP contribution in [0, 0.1) is 12.1 Å². The lowest BCUT2D eigenvalue weighted by molar-refractivity contribution is -0.0499. The molecule has 0 bridgehead atoms. The molecule has 0 saturated heterocycles. The standard InChI is InChI=1S/C10H11F3O3SSi/c1-18(2,3)9-7-5-4-6-8(9)16-17(14,15)10(11,12)13/h6-7H,1-3H3. The first-order valence-electron chi connectivity index (χ1n) is 4.88. The van der Waals surface area contributed by atoms with E-state index >= 15 is 0 Å². The first-order chi connectivity index (χ1) is 7.95. The predicted octanol–water partition coefficient (Wildman–Crippen LogP) is 2.06. The Labute approximate surface area is 105 Å². The molecule has 0 unspecified atom stereocenters. The molecule has 0 aliphatic carbocycles. The lowest BCUT2D eigenvalue weighted by Gasteiger charge is -2.19. The number of hydrogen-bond acceptors (Lipinski definition) is 3. The van der Waals surface area contributed by atoms with Gasteiger partial charge in [0, 0.05) is 6.07 Å². The third-order valence-electron chi connectivity index (χ3n) is 2.06. The average molecular weight is 296 g/mol. The third-order valence-corrected chi connectivity index (χ3v) is 5.03. The van der Waals surface area contributed by atoms with Crippen molar-refractivity contribution < 1.29 is 25.8 Å². The second kappa shape index (κ2) is 4.48. The molecule has 18 heavy (non-hydrogen) atoms. The molecule has 0 atom stereocenters. The molecule has 0 fully saturated rings. The Bertz CT molecular complexity index is 532. The molecule has 100 valence electrons. The zero-order valence-electron chi connectivity index (χ0n) is 9.92. The Morgan fingerprint density at radius 2 is 1.67 bits per heavy atom. The quantitative estimate of drug-likeness (QED) is 0.487. The smallest absolute Gasteiger partial charge is 0.375 e. The topological polar surface area (TPSA) is 43.4 Å². The maximum absolute atomic E-state index is 12.2. The second-order valence-electron chi connectivity index (χ2n) is 4.59. The summed E-state index contributed by atoms with van der Waals surface area (Å²) in [5.41, 5.74) is -5.44. The number of halogens is 3. The van der Waals surface area contributed by atoms with Crippen LogP contribution in [-0.4, -0.2) is 22.0 Å². The summed E-state index contributed by atoms with van der Waals surface area (Å²) < 4.78 is 62.7. The van der Waals surface area contributed by atoms with Gasteiger partial charge in [-0.15, -0.1) is 0 Å². The van der Waals surface area contributed by atoms with Crippen LogP contribution in [0.25, 0.3) is 0 Å². The van der Waals surface area contributed by atoms with Crippen molar-refractivity contribution in [1.82, 2.24) is 0 Å². The van der Waals surface area contributed by atoms with Gasteiger partial charge < -0.3 is 4.18 Å². The van der Waals surface area contributed by atoms with E-state index in [0.29, 0.717) is 5.19 Å². The number of hydrogen-bond donors (Lipinski definition) is 0. The van der Waals surface area contributed by atoms with Gasteiger partial charge in [0.2, 0.25) is 0 Å². The molecular weight excluding hydrogens is 285 g/mol. The van der Waals surface area contributed by atoms with Gasteiger partial charge in [0.15, 0.2) is 5.75 Å². The van der Waals surface area contributed by atoms with Gasteiger partial charge in [0.1, 0.15) is 0 Å². The predicted molar refractivity (Wildman–Crippen MR) is 62.7 cm³/mol. The Hall–Kier alpha value is -1.20. The van der Waals surface area contributed by atoms with E-state index in [1.165, 1.54) is 6.07 Å². The van der Waals surface area contributed by atoms with Crippen molar-refractivity contribution in [3.8, 4) is 5.75 Å². The number of alkyl halides is 3. The average Bonchev–Trinajstić information content (AvgIpc) is 2.14. The largest absolute Gasteiger partial charge is 0.534 e. The molecule has 0 amide bonds. The van der Waals surface area contributed by atoms with Crippen LogP contribution in [0.3, 0.4) is 0 Å². The molecule has 1 aromatic rings. The maximum Gasteiger partial charge on any atom is 0.534 e. The van der Waals surface area contributed by atoms with Crippen LogP contribution in [-0.2, 0) is 10.1 Å². The van der Waals surface area contributed by atoms with Crippen LogP contribution in [0.5, 0.6) is 5.75 Å². The van der Waals surface area contributed by atoms with E-state index in [0.717, 1.165) is 6.07 Å². The normalized spacial score (nSPS) is 13.0. The molecule has 0 aliphatic heterocycles. The first kappa shape index (κ1) is 14.9. The Morgan fingerprint density at radius 3 is 2.11 bits per heavy atom. The number of rotatable bonds is 3. The minimum absolute atomic E-state index is 0.328. The highest BCUT2D eigenvalue weighted by atomic mass is 32.2. The summed E-state index contributed by atoms with van der Waals surface area (Å²) in [7, 11) is -7.69. The zero-order valence-corrected chi connectivity index (χ0v) is 11.7. The summed E-state index contributed by atoms with van der Waals surface area (Å²) in [6, 6.07) is 7.44. The SMILES string of the molecule is C[Si](C)(C)c1cc#ccc1OS(=O)(=O)C(F)(F)F. The lowest BCUT2D eigenvalue weighted by atomic mass is 10.4. The van der Waals surface area contributed by atoms with Gasteiger partial charge in [-0.3, -0.25) is 0 Å². The van der Waals surface area contributed by atoms with E-state index in [1.54, 1.807) is 0 Å². The lowest BCUT2D eigenvalue weighted by Crippen LogP contribution is -2.40. The molecule has 0 aliphatic rings. The van der Waals surface area contributed by atoms with Crippen molar-refractivity contribution in [2.45, 2.75) is 25.1 Å². The van der Waals surface area contributed by atoms with Crippen LogP contribution in [0.15, 0.2) is 12.1 Å². The molecule has 0 saturated carbocycles. The van der Waals surface area contributed by atoms with Crippen LogP contribution < -0.4 is 9.37 Å². The van der Waals surface area contributed by atoms with Crippen LogP contribution in [0.1, 0.15) is 0 Å². The fourth-order valence-electron chi connectivity index (χ4n) is 1.19. The minimum Gasteiger partial charge on any atom is -0.375 e. The van der Waals surface area contributed by atoms with Crippen molar-refractivity contribution in [3.63, 3.8) is 0 Å². The molecular formula is C10H11F3O3SSi. The third kappa shape index (κ3) is 3.17. The molecule has 1 rings (SSSR count). The molecule has 0 spiro atoms. The Morgan fingerprint density at radius 1 is 1.17 bits per heavy atom. The van der Waals surface area contributed by atoms with E-state index in [9.17, 15) is 21.6 Å². The van der Waals surface area contributed by atoms with Crippen LogP contribution >= 0.6 is 0 Å². The minimum atomic E-state index is -5.65. The maximum atomic E-state index is 12.2. The highest BCUT2D eigenvalue weighted by molar-refractivity contribution is 7.88. The molecule has 0 heterocycles. The molecule has 0 N–H and O–H groups in total. The fourth-order valence-corrected chi connectivity index (χ4v) is 3.10. The summed E-state index contributed by atoms with van der Waals surface area (Å²) in [5, 5.41) is 0.439. The van der Waals surface area contributed by atoms with E-state index in [-0.39, 0.29) is 5.75 Å². The molecule has 0 radical (unpaired) electrons. The van der Waals surface area contributed by atoms with Gasteiger partial charge in [-0.1, -0.05) is 31.8 Å². The highest BCUT2D eigenvalue weighted by Gasteiger charge is 2.49. The van der Waals surface area contributed by atoms with Gasteiger partial charge in [0.05, 0.1) is 8.07 Å². The summed E-state index contributed by atoms with van der Waals surface area (Å²) >= 11 is 0. The van der Waals surface area contributed by atoms with Crippen LogP contribution in [0.2, 0.25) is 19.6 Å². The molecule has 3 nitrogen and oxygen atoms in total. The van der Waals surface area contributed by atoms with Crippen LogP contribution in [0.4, 0.5) is 13.2 Å². The summed E-state index contributed by atoms with van der Waals surface area (Å²) in [6.07, 6.45) is 0. The first-order valence-corrected chi connectivity index (χ1v) is 9.79. The van der Waals surface area contributed by atoms with E-state index < -0.39 is 23.7 Å². The Kier molecular flexibility index (Phi) is 3.69. The Balaban J connectivity index is 3.22. The highest BCUT2D eigenvalue weighted by Crippen LogP contribution is 2.26. The van der Waals surface area contributed by atoms with Gasteiger partial charge in [-0.05, 0) is 11.3 Å². The van der Waals surface area contributed by atoms with Crippen molar-refractivity contribution in [2.24, 2.45) is 0 Å². The summed E-state index contributed by atoms with van der Waals surface area (Å²) in [6.45, 7) is 5.55. The van der Waals surface area contributed by atoms with Gasteiger partial charge in [-0.25, -0.2) is 0 Å². The van der Waals surface area contributed by atoms with Gasteiger partial charge in [-0.2, -0.15) is 21.6 Å². The molecule has 1 aromatic carbocycles. The van der Waals surface area contributed by atoms with E-state index in [2.05, 4.69) is 16.3 Å². The monoisotopic (exact) mass is 296 g/mol. The second-order valence-corrected chi connectivity index (χ2v) is 11.2. The van der Waals surface area contributed by atoms with E-state index in [1.807, 2.05) is 19.6 Å². The van der Waals surface area contributed by atoms with Crippen molar-refractivity contribution in [3.05, 3.63) is 24.3 Å². The van der Waals surface area contributed by atoms with E-state index in [4.69, 9.17) is 0 Å². The van der Waals surface area contributed by atoms with Crippen molar-refractivity contribution in [2.75, 3.05) is 0 Å². The van der Waals surface area contributed by atoms with Crippen molar-refractivity contribution >= 4 is 23.4 Å². The molecule has 8 heteroatoms. The summed E-state index contributed by atoms with van der Waals surface area (Å²) in [5.74, 6) is -0.328. The fraction of sp³-hybridized carbons (Fsp3) is 0.400. The molecule has 0 aromatic heterocycles. The van der Waals surface area contributed by atoms with Crippen molar-refractivity contribution in [1.29, 1.82) is 0 Å².